The Morgan fingerprint density at radius 2 is 2.00 bits per heavy atom. The molecule has 1 aromatic carbocycles. The number of hydrogen-bond acceptors (Lipinski definition) is 3. The van der Waals surface area contributed by atoms with Crippen LogP contribution in [0.2, 0.25) is 0 Å². The van der Waals surface area contributed by atoms with Gasteiger partial charge in [0.2, 0.25) is 11.8 Å². The van der Waals surface area contributed by atoms with Gasteiger partial charge in [0, 0.05) is 19.5 Å². The molecular weight excluding hydrogens is 338 g/mol. The Balaban J connectivity index is 0.00000225. The van der Waals surface area contributed by atoms with Crippen molar-refractivity contribution in [1.82, 2.24) is 10.2 Å². The number of rotatable bonds is 6. The summed E-state index contributed by atoms with van der Waals surface area (Å²) in [4.78, 5) is 26.9. The highest BCUT2D eigenvalue weighted by Crippen LogP contribution is 2.39. The van der Waals surface area contributed by atoms with E-state index in [2.05, 4.69) is 5.32 Å². The van der Waals surface area contributed by atoms with E-state index >= 15 is 0 Å². The Morgan fingerprint density at radius 1 is 1.36 bits per heavy atom. The van der Waals surface area contributed by atoms with Crippen LogP contribution < -0.4 is 11.1 Å². The summed E-state index contributed by atoms with van der Waals surface area (Å²) in [5.74, 6) is 0.203. The number of nitrogens with two attached hydrogens (primary N) is 1. The lowest BCUT2D eigenvalue weighted by Gasteiger charge is -2.31. The van der Waals surface area contributed by atoms with Crippen molar-refractivity contribution >= 4 is 24.2 Å². The standard InChI is InChI=1S/C19H27N3O2.ClH/c1-13(14-6-4-3-5-7-14)22-11-15(10-17(22)23)18(24)21-19(2,12-20)16-8-9-16;/h3-7,13,15-16H,8-12,20H2,1-2H3,(H,21,24);1H. The maximum atomic E-state index is 12.7. The van der Waals surface area contributed by atoms with Gasteiger partial charge in [-0.05, 0) is 38.2 Å². The third-order valence-electron chi connectivity index (χ3n) is 5.59. The quantitative estimate of drug-likeness (QED) is 0.811. The second-order valence-electron chi connectivity index (χ2n) is 7.42. The zero-order valence-corrected chi connectivity index (χ0v) is 15.7. The van der Waals surface area contributed by atoms with Crippen LogP contribution in [-0.2, 0) is 9.59 Å². The molecule has 0 spiro atoms. The van der Waals surface area contributed by atoms with E-state index in [9.17, 15) is 9.59 Å². The Kier molecular flexibility index (Phi) is 6.12. The predicted molar refractivity (Wildman–Crippen MR) is 100 cm³/mol. The van der Waals surface area contributed by atoms with Crippen LogP contribution in [0.5, 0.6) is 0 Å². The first-order valence-electron chi connectivity index (χ1n) is 8.81. The van der Waals surface area contributed by atoms with Crippen molar-refractivity contribution in [2.75, 3.05) is 13.1 Å². The third-order valence-corrected chi connectivity index (χ3v) is 5.59. The molecule has 1 saturated heterocycles. The summed E-state index contributed by atoms with van der Waals surface area (Å²) in [5, 5.41) is 3.12. The van der Waals surface area contributed by atoms with Crippen LogP contribution in [-0.4, -0.2) is 35.3 Å². The van der Waals surface area contributed by atoms with Gasteiger partial charge in [-0.3, -0.25) is 9.59 Å². The number of hydrogen-bond donors (Lipinski definition) is 2. The molecule has 25 heavy (non-hydrogen) atoms. The van der Waals surface area contributed by atoms with Crippen LogP contribution in [0.1, 0.15) is 44.7 Å². The summed E-state index contributed by atoms with van der Waals surface area (Å²) < 4.78 is 0. The van der Waals surface area contributed by atoms with Crippen LogP contribution in [0.15, 0.2) is 30.3 Å². The predicted octanol–water partition coefficient (Wildman–Crippen LogP) is 2.26. The lowest BCUT2D eigenvalue weighted by atomic mass is 9.94. The molecular formula is C19H28ClN3O2. The highest BCUT2D eigenvalue weighted by atomic mass is 35.5. The van der Waals surface area contributed by atoms with Crippen molar-refractivity contribution in [1.29, 1.82) is 0 Å². The van der Waals surface area contributed by atoms with Crippen LogP contribution in [0.3, 0.4) is 0 Å². The minimum Gasteiger partial charge on any atom is -0.349 e. The van der Waals surface area contributed by atoms with Crippen LogP contribution >= 0.6 is 12.4 Å². The largest absolute Gasteiger partial charge is 0.349 e. The van der Waals surface area contributed by atoms with Gasteiger partial charge >= 0.3 is 0 Å². The molecule has 5 nitrogen and oxygen atoms in total. The first kappa shape index (κ1) is 19.7. The van der Waals surface area contributed by atoms with E-state index in [0.29, 0.717) is 19.0 Å². The molecule has 138 valence electrons. The third kappa shape index (κ3) is 4.15. The van der Waals surface area contributed by atoms with Crippen molar-refractivity contribution in [3.8, 4) is 0 Å². The second-order valence-corrected chi connectivity index (χ2v) is 7.42. The Hall–Kier alpha value is -1.59. The van der Waals surface area contributed by atoms with E-state index in [0.717, 1.165) is 18.4 Å². The molecule has 1 saturated carbocycles. The van der Waals surface area contributed by atoms with Gasteiger partial charge in [-0.25, -0.2) is 0 Å². The topological polar surface area (TPSA) is 75.4 Å². The van der Waals surface area contributed by atoms with Crippen molar-refractivity contribution < 1.29 is 9.59 Å². The summed E-state index contributed by atoms with van der Waals surface area (Å²) >= 11 is 0. The van der Waals surface area contributed by atoms with E-state index in [-0.39, 0.29) is 48.1 Å². The van der Waals surface area contributed by atoms with Crippen molar-refractivity contribution in [3.05, 3.63) is 35.9 Å². The molecule has 3 rings (SSSR count). The molecule has 1 heterocycles. The normalized spacial score (nSPS) is 23.6. The van der Waals surface area contributed by atoms with Gasteiger partial charge in [0.15, 0.2) is 0 Å². The van der Waals surface area contributed by atoms with Crippen molar-refractivity contribution in [3.63, 3.8) is 0 Å². The molecule has 2 fully saturated rings. The number of amides is 2. The highest BCUT2D eigenvalue weighted by Gasteiger charge is 2.44. The van der Waals surface area contributed by atoms with E-state index < -0.39 is 0 Å². The maximum Gasteiger partial charge on any atom is 0.225 e. The van der Waals surface area contributed by atoms with Crippen molar-refractivity contribution in [2.24, 2.45) is 17.6 Å². The molecule has 3 unspecified atom stereocenters. The number of likely N-dealkylation sites (tertiary alicyclic amines) is 1. The van der Waals surface area contributed by atoms with E-state index in [1.807, 2.05) is 49.1 Å². The molecule has 2 amide bonds. The lowest BCUT2D eigenvalue weighted by Crippen LogP contribution is -2.54. The molecule has 3 atom stereocenters. The summed E-state index contributed by atoms with van der Waals surface area (Å²) in [6.07, 6.45) is 2.53. The molecule has 1 aliphatic carbocycles. The van der Waals surface area contributed by atoms with Gasteiger partial charge in [-0.15, -0.1) is 12.4 Å². The van der Waals surface area contributed by atoms with Gasteiger partial charge in [0.1, 0.15) is 0 Å². The fraction of sp³-hybridized carbons (Fsp3) is 0.579. The summed E-state index contributed by atoms with van der Waals surface area (Å²) in [7, 11) is 0. The van der Waals surface area contributed by atoms with E-state index in [4.69, 9.17) is 5.73 Å². The van der Waals surface area contributed by atoms with Gasteiger partial charge < -0.3 is 16.0 Å². The molecule has 1 aromatic rings. The second kappa shape index (κ2) is 7.75. The average molecular weight is 366 g/mol. The number of carbonyl (C=O) groups is 2. The molecule has 1 aliphatic heterocycles. The number of nitrogens with one attached hydrogen (secondary N) is 1. The van der Waals surface area contributed by atoms with Gasteiger partial charge in [-0.1, -0.05) is 30.3 Å². The van der Waals surface area contributed by atoms with E-state index in [1.54, 1.807) is 0 Å². The number of carbonyl (C=O) groups excluding carboxylic acids is 2. The number of benzene rings is 1. The molecule has 6 heteroatoms. The average Bonchev–Trinajstić information content (AvgIpc) is 3.38. The molecule has 3 N–H and O–H groups in total. The smallest absolute Gasteiger partial charge is 0.225 e. The van der Waals surface area contributed by atoms with E-state index in [1.165, 1.54) is 0 Å². The maximum absolute atomic E-state index is 12.7. The highest BCUT2D eigenvalue weighted by molar-refractivity contribution is 5.89. The number of halogens is 1. The molecule has 0 aromatic heterocycles. The van der Waals surface area contributed by atoms with Crippen LogP contribution in [0.25, 0.3) is 0 Å². The van der Waals surface area contributed by atoms with Gasteiger partial charge in [0.25, 0.3) is 0 Å². The SMILES string of the molecule is CC(c1ccccc1)N1CC(C(=O)NC(C)(CN)C2CC2)CC1=O.Cl. The fourth-order valence-electron chi connectivity index (χ4n) is 3.62. The summed E-state index contributed by atoms with van der Waals surface area (Å²) in [5.41, 5.74) is 6.64. The lowest BCUT2D eigenvalue weighted by molar-refractivity contribution is -0.130. The molecule has 2 aliphatic rings. The zero-order valence-electron chi connectivity index (χ0n) is 14.9. The Bertz CT molecular complexity index is 620. The minimum absolute atomic E-state index is 0. The van der Waals surface area contributed by atoms with Gasteiger partial charge in [0.05, 0.1) is 17.5 Å². The summed E-state index contributed by atoms with van der Waals surface area (Å²) in [6.45, 7) is 4.95. The molecule has 0 radical (unpaired) electrons. The van der Waals surface area contributed by atoms with Gasteiger partial charge in [-0.2, -0.15) is 0 Å². The monoisotopic (exact) mass is 365 g/mol. The molecule has 0 bridgehead atoms. The zero-order chi connectivity index (χ0) is 17.3. The van der Waals surface area contributed by atoms with Crippen LogP contribution in [0.4, 0.5) is 0 Å². The first-order valence-corrected chi connectivity index (χ1v) is 8.81. The summed E-state index contributed by atoms with van der Waals surface area (Å²) in [6, 6.07) is 9.93. The first-order chi connectivity index (χ1) is 11.4. The Labute approximate surface area is 155 Å². The number of nitrogens with zero attached hydrogens (tertiary/aromatic N) is 1. The van der Waals surface area contributed by atoms with Crippen LogP contribution in [0, 0.1) is 11.8 Å². The Morgan fingerprint density at radius 3 is 2.56 bits per heavy atom. The fourth-order valence-corrected chi connectivity index (χ4v) is 3.62. The minimum atomic E-state index is -0.335. The van der Waals surface area contributed by atoms with Crippen molar-refractivity contribution in [2.45, 2.75) is 44.7 Å².